The Balaban J connectivity index is 1.37. The number of rotatable bonds is 8. The average molecular weight is 474 g/mol. The van der Waals surface area contributed by atoms with E-state index in [-0.39, 0.29) is 0 Å². The van der Waals surface area contributed by atoms with Crippen LogP contribution < -0.4 is 14.2 Å². The van der Waals surface area contributed by atoms with Gasteiger partial charge in [-0.05, 0) is 109 Å². The largest absolute Gasteiger partial charge is 0.497 e. The topological polar surface area (TPSA) is 30.9 Å². The summed E-state index contributed by atoms with van der Waals surface area (Å²) in [5, 5.41) is 6.51. The Labute approximate surface area is 205 Å². The summed E-state index contributed by atoms with van der Waals surface area (Å²) >= 11 is 1.71. The zero-order chi connectivity index (χ0) is 23.3. The number of benzene rings is 3. The summed E-state index contributed by atoms with van der Waals surface area (Å²) in [5.41, 5.74) is 3.55. The first-order chi connectivity index (χ1) is 16.7. The number of piperidine rings is 1. The standard InChI is InChI=1S/C29H31NO3S/c1-21-19-34-20-28(21)27-12-6-22-18-25(31-2)11-13-26(22)29(27)33-24-9-7-23(8-10-24)32-17-16-30-14-4-3-5-15-30/h6-13,18-20H,3-5,14-17H2,1-2H3. The lowest BCUT2D eigenvalue weighted by Crippen LogP contribution is -2.33. The molecule has 176 valence electrons. The Hall–Kier alpha value is -3.02. The third-order valence-corrected chi connectivity index (χ3v) is 7.35. The number of likely N-dealkylation sites (tertiary alicyclic amines) is 1. The van der Waals surface area contributed by atoms with Crippen LogP contribution in [0.1, 0.15) is 24.8 Å². The van der Waals surface area contributed by atoms with Crippen LogP contribution in [0.4, 0.5) is 0 Å². The zero-order valence-corrected chi connectivity index (χ0v) is 20.7. The number of thiophene rings is 1. The van der Waals surface area contributed by atoms with Crippen molar-refractivity contribution in [2.45, 2.75) is 26.2 Å². The van der Waals surface area contributed by atoms with Gasteiger partial charge in [-0.2, -0.15) is 11.3 Å². The van der Waals surface area contributed by atoms with Gasteiger partial charge in [0.1, 0.15) is 29.6 Å². The molecule has 2 heterocycles. The zero-order valence-electron chi connectivity index (χ0n) is 19.9. The number of nitrogens with zero attached hydrogens (tertiary/aromatic N) is 1. The van der Waals surface area contributed by atoms with E-state index in [1.54, 1.807) is 18.4 Å². The summed E-state index contributed by atoms with van der Waals surface area (Å²) in [6, 6.07) is 18.4. The molecule has 1 saturated heterocycles. The molecule has 0 unspecified atom stereocenters. The first kappa shape index (κ1) is 22.8. The molecular formula is C29H31NO3S. The second-order valence-corrected chi connectivity index (χ2v) is 9.57. The van der Waals surface area contributed by atoms with Gasteiger partial charge in [-0.25, -0.2) is 0 Å². The molecule has 0 aliphatic carbocycles. The molecule has 0 saturated carbocycles. The smallest absolute Gasteiger partial charge is 0.143 e. The molecule has 1 fully saturated rings. The van der Waals surface area contributed by atoms with Crippen LogP contribution >= 0.6 is 11.3 Å². The highest BCUT2D eigenvalue weighted by molar-refractivity contribution is 7.08. The van der Waals surface area contributed by atoms with Crippen molar-refractivity contribution in [2.24, 2.45) is 0 Å². The number of hydrogen-bond donors (Lipinski definition) is 0. The van der Waals surface area contributed by atoms with Gasteiger partial charge in [0, 0.05) is 17.5 Å². The molecule has 0 bridgehead atoms. The van der Waals surface area contributed by atoms with Gasteiger partial charge < -0.3 is 14.2 Å². The van der Waals surface area contributed by atoms with Crippen LogP contribution in [0, 0.1) is 6.92 Å². The highest BCUT2D eigenvalue weighted by Crippen LogP contribution is 2.42. The molecule has 0 spiro atoms. The molecule has 5 heteroatoms. The molecule has 0 atom stereocenters. The van der Waals surface area contributed by atoms with E-state index in [9.17, 15) is 0 Å². The van der Waals surface area contributed by atoms with Crippen LogP contribution in [0.25, 0.3) is 21.9 Å². The Morgan fingerprint density at radius 2 is 1.59 bits per heavy atom. The monoisotopic (exact) mass is 473 g/mol. The summed E-state index contributed by atoms with van der Waals surface area (Å²) in [6.45, 7) is 6.23. The van der Waals surface area contributed by atoms with Crippen molar-refractivity contribution in [2.75, 3.05) is 33.4 Å². The minimum atomic E-state index is 0.715. The number of aryl methyl sites for hydroxylation is 1. The van der Waals surface area contributed by atoms with E-state index in [1.807, 2.05) is 36.4 Å². The maximum absolute atomic E-state index is 6.53. The van der Waals surface area contributed by atoms with Gasteiger partial charge in [-0.3, -0.25) is 4.90 Å². The van der Waals surface area contributed by atoms with Crippen molar-refractivity contribution < 1.29 is 14.2 Å². The summed E-state index contributed by atoms with van der Waals surface area (Å²) in [4.78, 5) is 2.49. The lowest BCUT2D eigenvalue weighted by molar-refractivity contribution is 0.183. The Morgan fingerprint density at radius 1 is 0.824 bits per heavy atom. The maximum atomic E-state index is 6.53. The number of ether oxygens (including phenoxy) is 3. The predicted octanol–water partition coefficient (Wildman–Crippen LogP) is 7.54. The second-order valence-electron chi connectivity index (χ2n) is 8.82. The van der Waals surface area contributed by atoms with Crippen LogP contribution in [0.15, 0.2) is 65.4 Å². The molecule has 0 amide bonds. The first-order valence-electron chi connectivity index (χ1n) is 12.0. The van der Waals surface area contributed by atoms with Crippen LogP contribution in [0.3, 0.4) is 0 Å². The van der Waals surface area contributed by atoms with Crippen LogP contribution in [-0.2, 0) is 0 Å². The normalized spacial score (nSPS) is 14.3. The number of fused-ring (bicyclic) bond motifs is 1. The maximum Gasteiger partial charge on any atom is 0.143 e. The van der Waals surface area contributed by atoms with E-state index in [0.29, 0.717) is 6.61 Å². The third kappa shape index (κ3) is 5.06. The van der Waals surface area contributed by atoms with Gasteiger partial charge in [0.05, 0.1) is 7.11 Å². The van der Waals surface area contributed by atoms with Crippen molar-refractivity contribution in [3.63, 3.8) is 0 Å². The Bertz CT molecular complexity index is 1240. The van der Waals surface area contributed by atoms with E-state index < -0.39 is 0 Å². The summed E-state index contributed by atoms with van der Waals surface area (Å²) in [7, 11) is 1.69. The van der Waals surface area contributed by atoms with Crippen LogP contribution in [0.5, 0.6) is 23.0 Å². The minimum absolute atomic E-state index is 0.715. The molecule has 34 heavy (non-hydrogen) atoms. The molecular weight excluding hydrogens is 442 g/mol. The molecule has 5 rings (SSSR count). The van der Waals surface area contributed by atoms with E-state index in [1.165, 1.54) is 43.5 Å². The van der Waals surface area contributed by atoms with Gasteiger partial charge in [-0.15, -0.1) is 0 Å². The highest BCUT2D eigenvalue weighted by atomic mass is 32.1. The lowest BCUT2D eigenvalue weighted by atomic mass is 9.99. The van der Waals surface area contributed by atoms with Gasteiger partial charge in [-0.1, -0.05) is 12.5 Å². The molecule has 4 nitrogen and oxygen atoms in total. The number of methoxy groups -OCH3 is 1. The predicted molar refractivity (Wildman–Crippen MR) is 141 cm³/mol. The molecule has 1 aromatic heterocycles. The summed E-state index contributed by atoms with van der Waals surface area (Å²) in [6.07, 6.45) is 3.97. The van der Waals surface area contributed by atoms with Gasteiger partial charge >= 0.3 is 0 Å². The summed E-state index contributed by atoms with van der Waals surface area (Å²) < 4.78 is 18.0. The molecule has 4 aromatic rings. The van der Waals surface area contributed by atoms with Crippen LogP contribution in [-0.4, -0.2) is 38.3 Å². The molecule has 0 N–H and O–H groups in total. The second kappa shape index (κ2) is 10.5. The van der Waals surface area contributed by atoms with E-state index >= 15 is 0 Å². The van der Waals surface area contributed by atoms with Crippen molar-refractivity contribution in [3.05, 3.63) is 70.9 Å². The molecule has 0 radical (unpaired) electrons. The fourth-order valence-electron chi connectivity index (χ4n) is 4.56. The fourth-order valence-corrected chi connectivity index (χ4v) is 5.41. The minimum Gasteiger partial charge on any atom is -0.497 e. The molecule has 3 aromatic carbocycles. The van der Waals surface area contributed by atoms with Gasteiger partial charge in [0.15, 0.2) is 0 Å². The van der Waals surface area contributed by atoms with Crippen molar-refractivity contribution in [3.8, 4) is 34.1 Å². The van der Waals surface area contributed by atoms with Crippen molar-refractivity contribution >= 4 is 22.1 Å². The van der Waals surface area contributed by atoms with Crippen molar-refractivity contribution in [1.29, 1.82) is 0 Å². The van der Waals surface area contributed by atoms with E-state index in [0.717, 1.165) is 45.9 Å². The molecule has 1 aliphatic heterocycles. The van der Waals surface area contributed by atoms with Gasteiger partial charge in [0.25, 0.3) is 0 Å². The Morgan fingerprint density at radius 3 is 2.32 bits per heavy atom. The van der Waals surface area contributed by atoms with E-state index in [2.05, 4.69) is 40.8 Å². The van der Waals surface area contributed by atoms with Crippen LogP contribution in [0.2, 0.25) is 0 Å². The highest BCUT2D eigenvalue weighted by Gasteiger charge is 2.15. The average Bonchev–Trinajstić information content (AvgIpc) is 3.31. The first-order valence-corrected chi connectivity index (χ1v) is 12.9. The third-order valence-electron chi connectivity index (χ3n) is 6.49. The quantitative estimate of drug-likeness (QED) is 0.264. The molecule has 1 aliphatic rings. The summed E-state index contributed by atoms with van der Waals surface area (Å²) in [5.74, 6) is 3.37. The van der Waals surface area contributed by atoms with E-state index in [4.69, 9.17) is 14.2 Å². The lowest BCUT2D eigenvalue weighted by Gasteiger charge is -2.26. The number of hydrogen-bond acceptors (Lipinski definition) is 5. The van der Waals surface area contributed by atoms with Crippen molar-refractivity contribution in [1.82, 2.24) is 4.90 Å². The SMILES string of the molecule is COc1ccc2c(Oc3ccc(OCCN4CCCCC4)cc3)c(-c3cscc3C)ccc2c1. The fraction of sp³-hybridized carbons (Fsp3) is 0.310. The Kier molecular flexibility index (Phi) is 7.02. The van der Waals surface area contributed by atoms with Gasteiger partial charge in [0.2, 0.25) is 0 Å².